The summed E-state index contributed by atoms with van der Waals surface area (Å²) < 4.78 is 8.24. The molecule has 3 aromatic heterocycles. The number of nitriles is 1. The Kier molecular flexibility index (Phi) is 16.4. The number of benzene rings is 1. The molecule has 332 valence electrons. The van der Waals surface area contributed by atoms with Crippen LogP contribution < -0.4 is 15.6 Å². The first-order valence-electron chi connectivity index (χ1n) is 20.2. The Morgan fingerprint density at radius 3 is 2.46 bits per heavy atom. The van der Waals surface area contributed by atoms with Gasteiger partial charge in [-0.2, -0.15) is 59.2 Å². The maximum Gasteiger partial charge on any atom is 0.324 e. The van der Waals surface area contributed by atoms with Crippen molar-refractivity contribution in [3.63, 3.8) is 0 Å². The number of cyclic esters (lactones) is 1. The first kappa shape index (κ1) is 50.2. The van der Waals surface area contributed by atoms with Gasteiger partial charge in [-0.15, -0.1) is 11.3 Å². The van der Waals surface area contributed by atoms with Crippen molar-refractivity contribution in [2.45, 2.75) is 84.3 Å². The number of fused-ring (bicyclic) bond motifs is 6. The summed E-state index contributed by atoms with van der Waals surface area (Å²) in [6, 6.07) is 11.5. The first-order chi connectivity index (χ1) is 27.2. The lowest BCUT2D eigenvalue weighted by Crippen LogP contribution is -2.60. The van der Waals surface area contributed by atoms with Crippen molar-refractivity contribution in [3.8, 4) is 28.6 Å². The number of likely N-dealkylation sites (N-methyl/N-ethyl adjacent to an activating group) is 1. The molecule has 1 saturated carbocycles. The zero-order valence-corrected chi connectivity index (χ0v) is 40.6. The van der Waals surface area contributed by atoms with Crippen molar-refractivity contribution in [3.05, 3.63) is 52.5 Å². The van der Waals surface area contributed by atoms with Gasteiger partial charge in [-0.25, -0.2) is 15.4 Å². The van der Waals surface area contributed by atoms with E-state index in [2.05, 4.69) is 70.3 Å². The average molecular weight is 928 g/mol. The number of hydrazine groups is 1. The Balaban J connectivity index is 0.00000205. The number of carbonyl (C=O) groups excluding carboxylic acids is 3. The number of amides is 2. The zero-order chi connectivity index (χ0) is 40.2. The molecule has 0 radical (unpaired) electrons. The van der Waals surface area contributed by atoms with Crippen LogP contribution in [0.2, 0.25) is 0 Å². The smallest absolute Gasteiger partial charge is 0.324 e. The molecule has 1 aromatic carbocycles. The fourth-order valence-corrected chi connectivity index (χ4v) is 9.33. The van der Waals surface area contributed by atoms with Crippen LogP contribution in [-0.2, 0) is 37.5 Å². The minimum absolute atomic E-state index is 0. The van der Waals surface area contributed by atoms with E-state index in [-0.39, 0.29) is 90.7 Å². The van der Waals surface area contributed by atoms with Crippen LogP contribution in [0.5, 0.6) is 0 Å². The lowest BCUT2D eigenvalue weighted by atomic mass is 9.84. The maximum absolute atomic E-state index is 14.1. The van der Waals surface area contributed by atoms with E-state index in [9.17, 15) is 19.6 Å². The van der Waals surface area contributed by atoms with Crippen molar-refractivity contribution in [1.29, 1.82) is 5.26 Å². The number of pyridine rings is 1. The zero-order valence-electron chi connectivity index (χ0n) is 35.8. The first-order valence-corrected chi connectivity index (χ1v) is 21.1. The Morgan fingerprint density at radius 1 is 1.05 bits per heavy atom. The van der Waals surface area contributed by atoms with Gasteiger partial charge in [-0.05, 0) is 82.3 Å². The molecule has 61 heavy (non-hydrogen) atoms. The number of hydrogen-bond donors (Lipinski definition) is 2. The number of ether oxygens (including phenoxy) is 1. The number of piperazine rings is 1. The summed E-state index contributed by atoms with van der Waals surface area (Å²) in [6.07, 6.45) is 4.57. The number of hydrogen-bond acceptors (Lipinski definition) is 11. The molecule has 1 aliphatic carbocycles. The molecular formula is C43H61N9O4S5. The summed E-state index contributed by atoms with van der Waals surface area (Å²) in [6.45, 7) is 14.3. The van der Waals surface area contributed by atoms with Crippen molar-refractivity contribution >= 4 is 99.8 Å². The number of anilines is 1. The number of carbonyl (C=O) groups is 3. The second-order valence-corrected chi connectivity index (χ2v) is 18.7. The van der Waals surface area contributed by atoms with Crippen molar-refractivity contribution in [1.82, 2.24) is 35.2 Å². The van der Waals surface area contributed by atoms with Crippen LogP contribution >= 0.6 is 65.3 Å². The third-order valence-electron chi connectivity index (χ3n) is 12.0. The van der Waals surface area contributed by atoms with Crippen molar-refractivity contribution < 1.29 is 19.1 Å². The highest BCUT2D eigenvalue weighted by Crippen LogP contribution is 2.43. The molecule has 18 heteroatoms. The summed E-state index contributed by atoms with van der Waals surface area (Å²) in [7, 11) is 2.14. The predicted octanol–water partition coefficient (Wildman–Crippen LogP) is 5.59. The summed E-state index contributed by atoms with van der Waals surface area (Å²) in [4.78, 5) is 55.5. The van der Waals surface area contributed by atoms with E-state index in [1.807, 2.05) is 44.5 Å². The molecule has 8 rings (SSSR count). The van der Waals surface area contributed by atoms with E-state index in [1.165, 1.54) is 16.3 Å². The van der Waals surface area contributed by atoms with Gasteiger partial charge in [0, 0.05) is 78.6 Å². The minimum Gasteiger partial charge on any atom is -0.464 e. The number of aromatic nitrogens is 3. The molecule has 4 aromatic rings. The van der Waals surface area contributed by atoms with Crippen LogP contribution in [0.1, 0.15) is 64.5 Å². The molecule has 2 amide bonds. The maximum atomic E-state index is 14.1. The molecule has 4 aliphatic rings. The summed E-state index contributed by atoms with van der Waals surface area (Å²) >= 11 is 1.46. The molecule has 0 spiro atoms. The van der Waals surface area contributed by atoms with Gasteiger partial charge in [0.25, 0.3) is 5.91 Å². The van der Waals surface area contributed by atoms with Gasteiger partial charge in [-0.1, -0.05) is 26.8 Å². The van der Waals surface area contributed by atoms with Crippen molar-refractivity contribution in [2.24, 2.45) is 17.3 Å². The van der Waals surface area contributed by atoms with Gasteiger partial charge >= 0.3 is 5.97 Å². The van der Waals surface area contributed by atoms with Gasteiger partial charge in [0.05, 0.1) is 34.6 Å². The average Bonchev–Trinajstić information content (AvgIpc) is 3.61. The van der Waals surface area contributed by atoms with Gasteiger partial charge in [0.15, 0.2) is 0 Å². The molecule has 6 bridgehead atoms. The lowest BCUT2D eigenvalue weighted by molar-refractivity contribution is -0.155. The molecular weight excluding hydrogens is 867 g/mol. The highest BCUT2D eigenvalue weighted by molar-refractivity contribution is 7.59. The van der Waals surface area contributed by atoms with Crippen LogP contribution in [-0.4, -0.2) is 101 Å². The molecule has 13 nitrogen and oxygen atoms in total. The van der Waals surface area contributed by atoms with E-state index in [0.29, 0.717) is 25.8 Å². The number of thiazole rings is 1. The summed E-state index contributed by atoms with van der Waals surface area (Å²) in [5.41, 5.74) is 7.25. The molecule has 4 atom stereocenters. The highest BCUT2D eigenvalue weighted by atomic mass is 32.1. The van der Waals surface area contributed by atoms with E-state index >= 15 is 0 Å². The third kappa shape index (κ3) is 10.5. The van der Waals surface area contributed by atoms with Gasteiger partial charge in [-0.3, -0.25) is 19.4 Å². The van der Waals surface area contributed by atoms with Crippen molar-refractivity contribution in [2.75, 3.05) is 51.3 Å². The van der Waals surface area contributed by atoms with Gasteiger partial charge in [0.1, 0.15) is 23.4 Å². The SMILES string of the molecule is C[C@H]1C[C@@H]1C(=O)N[C@H]1Cc2nc(cs2)-c2ccc3c(c2)c(c(-c2ccnc(N4CCN(C)CC4)c2)n3C(C)(C)C#N)CC(C)(C)COC(=O)[C@@H]2CCCN(N2)C1=O.S.S.S.S. The molecule has 0 unspecified atom stereocenters. The van der Waals surface area contributed by atoms with Crippen LogP contribution in [0.4, 0.5) is 5.82 Å². The monoisotopic (exact) mass is 927 g/mol. The number of nitrogens with one attached hydrogen (secondary N) is 2. The Bertz CT molecular complexity index is 2270. The van der Waals surface area contributed by atoms with Gasteiger partial charge in [0.2, 0.25) is 5.91 Å². The number of nitrogens with zero attached hydrogens (tertiary/aromatic N) is 7. The third-order valence-corrected chi connectivity index (χ3v) is 12.9. The summed E-state index contributed by atoms with van der Waals surface area (Å²) in [5.74, 6) is 0.247. The van der Waals surface area contributed by atoms with Crippen LogP contribution in [0, 0.1) is 28.6 Å². The Morgan fingerprint density at radius 2 is 1.77 bits per heavy atom. The predicted molar refractivity (Wildman–Crippen MR) is 262 cm³/mol. The standard InChI is InChI=1S/C43H53N9O4S.4H2S/c1-26-18-29(26)39(53)47-33-21-37-46-34(23-57-37)27-9-10-35-30(19-27)31(22-42(2,3)25-56-41(55)32-8-7-13-51(48-32)40(33)54)38(52(35)43(4,5)24-44)28-11-12-45-36(20-28)50-16-14-49(6)15-17-50;;;;/h9-12,19-20,23,26,29,32-33,48H,7-8,13-18,21-22,25H2,1-6H3,(H,47,53);4*1H2/t26-,29-,32-,33-;;;;/m0..../s1. The topological polar surface area (TPSA) is 149 Å². The minimum atomic E-state index is -0.924. The molecule has 3 fully saturated rings. The van der Waals surface area contributed by atoms with E-state index < -0.39 is 29.0 Å². The fourth-order valence-electron chi connectivity index (χ4n) is 8.48. The quantitative estimate of drug-likeness (QED) is 0.243. The number of esters is 1. The van der Waals surface area contributed by atoms with Crippen LogP contribution in [0.15, 0.2) is 41.9 Å². The van der Waals surface area contributed by atoms with Crippen LogP contribution in [0.3, 0.4) is 0 Å². The van der Waals surface area contributed by atoms with E-state index in [4.69, 9.17) is 14.7 Å². The number of rotatable bonds is 5. The molecule has 6 heterocycles. The second kappa shape index (κ2) is 19.9. The Labute approximate surface area is 391 Å². The highest BCUT2D eigenvalue weighted by Gasteiger charge is 2.42. The van der Waals surface area contributed by atoms with Crippen LogP contribution in [0.25, 0.3) is 33.4 Å². The Hall–Kier alpha value is -3.44. The second-order valence-electron chi connectivity index (χ2n) is 17.7. The largest absolute Gasteiger partial charge is 0.464 e. The molecule has 2 N–H and O–H groups in total. The van der Waals surface area contributed by atoms with E-state index in [0.717, 1.165) is 82.4 Å². The lowest BCUT2D eigenvalue weighted by Gasteiger charge is -2.35. The molecule has 3 aliphatic heterocycles. The summed E-state index contributed by atoms with van der Waals surface area (Å²) in [5, 5.41) is 18.9. The fraction of sp³-hybridized carbons (Fsp3) is 0.535. The molecule has 2 saturated heterocycles. The van der Waals surface area contributed by atoms with E-state index in [1.54, 1.807) is 0 Å². The normalized spacial score (nSPS) is 22.8. The van der Waals surface area contributed by atoms with Gasteiger partial charge < -0.3 is 24.4 Å².